The smallest absolute Gasteiger partial charge is 0.225 e. The summed E-state index contributed by atoms with van der Waals surface area (Å²) in [6.45, 7) is 0. The van der Waals surface area contributed by atoms with Crippen LogP contribution in [-0.4, -0.2) is 27.4 Å². The molecule has 1 aromatic heterocycles. The van der Waals surface area contributed by atoms with Gasteiger partial charge in [-0.3, -0.25) is 14.3 Å². The summed E-state index contributed by atoms with van der Waals surface area (Å²) in [6, 6.07) is 0.272. The standard InChI is InChI=1S/C11H10ClN3O2/c1-15-9-6(4-13-15)10(16)8(7(12)11(9)17)14-5-2-3-5/h4-5,14H,2-3H2,1H3. The Balaban J connectivity index is 2.09. The van der Waals surface area contributed by atoms with E-state index in [1.54, 1.807) is 7.05 Å². The molecule has 0 unspecified atom stereocenters. The van der Waals surface area contributed by atoms with Gasteiger partial charge in [0.25, 0.3) is 0 Å². The highest BCUT2D eigenvalue weighted by atomic mass is 35.5. The summed E-state index contributed by atoms with van der Waals surface area (Å²) in [5, 5.41) is 6.91. The molecule has 1 aromatic rings. The first-order chi connectivity index (χ1) is 8.09. The lowest BCUT2D eigenvalue weighted by atomic mass is 9.99. The summed E-state index contributed by atoms with van der Waals surface area (Å²) in [5.74, 6) is -0.589. The molecule has 2 aliphatic rings. The minimum absolute atomic E-state index is 0.0296. The van der Waals surface area contributed by atoms with Crippen LogP contribution in [0.3, 0.4) is 0 Å². The Hall–Kier alpha value is -1.62. The molecule has 5 nitrogen and oxygen atoms in total. The van der Waals surface area contributed by atoms with Crippen LogP contribution in [0.25, 0.3) is 0 Å². The minimum Gasteiger partial charge on any atom is -0.378 e. The number of aromatic nitrogens is 2. The number of carbonyl (C=O) groups is 2. The molecule has 0 bridgehead atoms. The van der Waals surface area contributed by atoms with Gasteiger partial charge in [-0.2, -0.15) is 5.10 Å². The molecule has 0 saturated heterocycles. The van der Waals surface area contributed by atoms with Crippen LogP contribution in [0.5, 0.6) is 0 Å². The topological polar surface area (TPSA) is 64.0 Å². The van der Waals surface area contributed by atoms with E-state index in [1.165, 1.54) is 10.9 Å². The third-order valence-electron chi connectivity index (χ3n) is 2.97. The van der Waals surface area contributed by atoms with Crippen LogP contribution >= 0.6 is 11.6 Å². The zero-order valence-electron chi connectivity index (χ0n) is 9.16. The van der Waals surface area contributed by atoms with Crippen molar-refractivity contribution in [1.29, 1.82) is 0 Å². The Labute approximate surface area is 102 Å². The molecular formula is C11H10ClN3O2. The molecule has 2 aliphatic carbocycles. The van der Waals surface area contributed by atoms with Gasteiger partial charge >= 0.3 is 0 Å². The van der Waals surface area contributed by atoms with Crippen LogP contribution in [0.2, 0.25) is 0 Å². The summed E-state index contributed by atoms with van der Waals surface area (Å²) >= 11 is 5.96. The normalized spacial score (nSPS) is 19.6. The highest BCUT2D eigenvalue weighted by Gasteiger charge is 2.36. The molecule has 88 valence electrons. The highest BCUT2D eigenvalue weighted by Crippen LogP contribution is 2.29. The molecule has 0 aromatic carbocycles. The molecule has 0 radical (unpaired) electrons. The monoisotopic (exact) mass is 251 g/mol. The van der Waals surface area contributed by atoms with E-state index >= 15 is 0 Å². The van der Waals surface area contributed by atoms with E-state index in [9.17, 15) is 9.59 Å². The van der Waals surface area contributed by atoms with Crippen molar-refractivity contribution in [2.24, 2.45) is 7.05 Å². The van der Waals surface area contributed by atoms with Crippen molar-refractivity contribution in [3.05, 3.63) is 28.2 Å². The third kappa shape index (κ3) is 1.50. The quantitative estimate of drug-likeness (QED) is 0.852. The van der Waals surface area contributed by atoms with Gasteiger partial charge in [0.1, 0.15) is 16.4 Å². The van der Waals surface area contributed by atoms with Crippen LogP contribution in [0.15, 0.2) is 16.9 Å². The summed E-state index contributed by atoms with van der Waals surface area (Å²) in [5.41, 5.74) is 0.811. The fourth-order valence-corrected chi connectivity index (χ4v) is 2.12. The maximum absolute atomic E-state index is 12.1. The Kier molecular flexibility index (Phi) is 2.13. The van der Waals surface area contributed by atoms with Crippen LogP contribution in [-0.2, 0) is 7.05 Å². The first-order valence-electron chi connectivity index (χ1n) is 5.37. The van der Waals surface area contributed by atoms with Gasteiger partial charge < -0.3 is 5.32 Å². The first-order valence-corrected chi connectivity index (χ1v) is 5.75. The largest absolute Gasteiger partial charge is 0.378 e. The zero-order chi connectivity index (χ0) is 12.2. The van der Waals surface area contributed by atoms with E-state index in [1.807, 2.05) is 0 Å². The molecular weight excluding hydrogens is 242 g/mol. The first kappa shape index (κ1) is 10.5. The van der Waals surface area contributed by atoms with Crippen molar-refractivity contribution in [3.8, 4) is 0 Å². The molecule has 0 aliphatic heterocycles. The van der Waals surface area contributed by atoms with Crippen LogP contribution in [0, 0.1) is 0 Å². The number of nitrogens with one attached hydrogen (secondary N) is 1. The van der Waals surface area contributed by atoms with Gasteiger partial charge in [0.15, 0.2) is 0 Å². The van der Waals surface area contributed by atoms with Crippen molar-refractivity contribution in [3.63, 3.8) is 0 Å². The van der Waals surface area contributed by atoms with E-state index in [0.717, 1.165) is 12.8 Å². The number of rotatable bonds is 2. The zero-order valence-corrected chi connectivity index (χ0v) is 9.91. The average molecular weight is 252 g/mol. The SMILES string of the molecule is Cn1ncc2c1C(=O)C(Cl)=C(NC1CC1)C2=O. The lowest BCUT2D eigenvalue weighted by Crippen LogP contribution is -2.30. The predicted octanol–water partition coefficient (Wildman–Crippen LogP) is 1.00. The van der Waals surface area contributed by atoms with Gasteiger partial charge in [-0.15, -0.1) is 0 Å². The molecule has 0 amide bonds. The number of ketones is 2. The van der Waals surface area contributed by atoms with Crippen LogP contribution < -0.4 is 5.32 Å². The molecule has 0 atom stereocenters. The van der Waals surface area contributed by atoms with E-state index in [-0.39, 0.29) is 34.0 Å². The van der Waals surface area contributed by atoms with Crippen LogP contribution in [0.1, 0.15) is 33.7 Å². The second-order valence-corrected chi connectivity index (χ2v) is 4.67. The van der Waals surface area contributed by atoms with Gasteiger partial charge in [0.05, 0.1) is 11.8 Å². The fourth-order valence-electron chi connectivity index (χ4n) is 1.89. The number of fused-ring (bicyclic) bond motifs is 1. The molecule has 17 heavy (non-hydrogen) atoms. The maximum atomic E-state index is 12.1. The second kappa shape index (κ2) is 3.43. The Bertz CT molecular complexity index is 569. The molecule has 6 heteroatoms. The fraction of sp³-hybridized carbons (Fsp3) is 0.364. The number of halogens is 1. The molecule has 1 saturated carbocycles. The van der Waals surface area contributed by atoms with E-state index in [2.05, 4.69) is 10.4 Å². The van der Waals surface area contributed by atoms with Gasteiger partial charge in [-0.1, -0.05) is 11.6 Å². The lowest BCUT2D eigenvalue weighted by Gasteiger charge is -2.16. The Morgan fingerprint density at radius 3 is 2.76 bits per heavy atom. The number of hydrogen-bond acceptors (Lipinski definition) is 4. The van der Waals surface area contributed by atoms with Crippen molar-refractivity contribution in [2.45, 2.75) is 18.9 Å². The van der Waals surface area contributed by atoms with Crippen molar-refractivity contribution >= 4 is 23.2 Å². The number of nitrogens with zero attached hydrogens (tertiary/aromatic N) is 2. The summed E-state index contributed by atoms with van der Waals surface area (Å²) in [4.78, 5) is 24.2. The second-order valence-electron chi connectivity index (χ2n) is 4.30. The maximum Gasteiger partial charge on any atom is 0.225 e. The summed E-state index contributed by atoms with van der Waals surface area (Å²) in [6.07, 6.45) is 3.43. The number of hydrogen-bond donors (Lipinski definition) is 1. The number of aryl methyl sites for hydroxylation is 1. The molecule has 1 fully saturated rings. The molecule has 0 spiro atoms. The highest BCUT2D eigenvalue weighted by molar-refractivity contribution is 6.49. The van der Waals surface area contributed by atoms with Gasteiger partial charge in [0, 0.05) is 13.1 Å². The molecule has 1 N–H and O–H groups in total. The lowest BCUT2D eigenvalue weighted by molar-refractivity contribution is 0.0969. The van der Waals surface area contributed by atoms with Gasteiger partial charge in [-0.25, -0.2) is 0 Å². The van der Waals surface area contributed by atoms with E-state index in [4.69, 9.17) is 11.6 Å². The van der Waals surface area contributed by atoms with Crippen LogP contribution in [0.4, 0.5) is 0 Å². The van der Waals surface area contributed by atoms with Crippen molar-refractivity contribution < 1.29 is 9.59 Å². The average Bonchev–Trinajstić information content (AvgIpc) is 3.04. The van der Waals surface area contributed by atoms with Crippen molar-refractivity contribution in [2.75, 3.05) is 0 Å². The third-order valence-corrected chi connectivity index (χ3v) is 3.33. The molecule has 3 rings (SSSR count). The number of carbonyl (C=O) groups excluding carboxylic acids is 2. The Morgan fingerprint density at radius 1 is 1.41 bits per heavy atom. The Morgan fingerprint density at radius 2 is 2.12 bits per heavy atom. The van der Waals surface area contributed by atoms with E-state index in [0.29, 0.717) is 5.56 Å². The predicted molar refractivity (Wildman–Crippen MR) is 60.9 cm³/mol. The minimum atomic E-state index is -0.343. The number of Topliss-reactive ketones (excluding diaryl/α,β-unsaturated/α-hetero) is 2. The van der Waals surface area contributed by atoms with Crippen molar-refractivity contribution in [1.82, 2.24) is 15.1 Å². The van der Waals surface area contributed by atoms with E-state index < -0.39 is 0 Å². The van der Waals surface area contributed by atoms with Gasteiger partial charge in [0.2, 0.25) is 11.6 Å². The summed E-state index contributed by atoms with van der Waals surface area (Å²) in [7, 11) is 1.62. The number of allylic oxidation sites excluding steroid dienone is 2. The molecule has 1 heterocycles. The van der Waals surface area contributed by atoms with Gasteiger partial charge in [-0.05, 0) is 12.8 Å². The summed E-state index contributed by atoms with van der Waals surface area (Å²) < 4.78 is 1.38.